The van der Waals surface area contributed by atoms with Gasteiger partial charge in [0.1, 0.15) is 4.60 Å². The van der Waals surface area contributed by atoms with Crippen LogP contribution in [-0.4, -0.2) is 15.9 Å². The van der Waals surface area contributed by atoms with Crippen molar-refractivity contribution in [2.75, 3.05) is 5.32 Å². The third kappa shape index (κ3) is 9.56. The van der Waals surface area contributed by atoms with Crippen molar-refractivity contribution in [2.24, 2.45) is 0 Å². The number of rotatable bonds is 11. The molecule has 21 heavy (non-hydrogen) atoms. The topological polar surface area (TPSA) is 54.9 Å². The molecule has 0 saturated heterocycles. The van der Waals surface area contributed by atoms with Gasteiger partial charge in [0.05, 0.1) is 12.4 Å². The van der Waals surface area contributed by atoms with Gasteiger partial charge in [0.2, 0.25) is 5.91 Å². The Kier molecular flexibility index (Phi) is 10.0. The van der Waals surface area contributed by atoms with Crippen molar-refractivity contribution in [1.82, 2.24) is 9.97 Å². The number of nitrogens with zero attached hydrogens (tertiary/aromatic N) is 2. The second-order valence-corrected chi connectivity index (χ2v) is 6.16. The van der Waals surface area contributed by atoms with Crippen LogP contribution in [0.2, 0.25) is 0 Å². The number of nitrogens with one attached hydrogen (secondary N) is 1. The molecule has 0 radical (unpaired) electrons. The molecule has 0 spiro atoms. The molecule has 118 valence electrons. The van der Waals surface area contributed by atoms with E-state index < -0.39 is 0 Å². The van der Waals surface area contributed by atoms with Crippen molar-refractivity contribution in [2.45, 2.75) is 71.1 Å². The minimum atomic E-state index is 0.0227. The molecule has 0 aliphatic carbocycles. The maximum Gasteiger partial charge on any atom is 0.225 e. The van der Waals surface area contributed by atoms with Gasteiger partial charge in [-0.15, -0.1) is 0 Å². The molecule has 1 N–H and O–H groups in total. The van der Waals surface area contributed by atoms with Crippen molar-refractivity contribution >= 4 is 27.7 Å². The minimum absolute atomic E-state index is 0.0227. The van der Waals surface area contributed by atoms with Crippen LogP contribution >= 0.6 is 15.9 Å². The highest BCUT2D eigenvalue weighted by molar-refractivity contribution is 9.10. The maximum absolute atomic E-state index is 11.7. The van der Waals surface area contributed by atoms with Crippen LogP contribution in [0.5, 0.6) is 0 Å². The average molecular weight is 356 g/mol. The molecular formula is C16H26BrN3O. The lowest BCUT2D eigenvalue weighted by Crippen LogP contribution is -2.12. The first-order valence-corrected chi connectivity index (χ1v) is 8.79. The lowest BCUT2D eigenvalue weighted by molar-refractivity contribution is -0.116. The summed E-state index contributed by atoms with van der Waals surface area (Å²) in [7, 11) is 0. The number of amides is 1. The third-order valence-electron chi connectivity index (χ3n) is 3.40. The van der Waals surface area contributed by atoms with Crippen molar-refractivity contribution in [1.29, 1.82) is 0 Å². The standard InChI is InChI=1S/C16H26BrN3O/c1-2-3-4-5-6-7-8-9-10-11-16(21)20-15-13-18-14(17)12-19-15/h12-13H,2-11H2,1H3,(H,19,20,21). The molecule has 4 nitrogen and oxygen atoms in total. The summed E-state index contributed by atoms with van der Waals surface area (Å²) in [4.78, 5) is 19.8. The van der Waals surface area contributed by atoms with Gasteiger partial charge in [0.15, 0.2) is 5.82 Å². The fraction of sp³-hybridized carbons (Fsp3) is 0.688. The van der Waals surface area contributed by atoms with Crippen LogP contribution in [0.1, 0.15) is 71.1 Å². The lowest BCUT2D eigenvalue weighted by Gasteiger charge is -2.04. The number of carbonyl (C=O) groups excluding carboxylic acids is 1. The number of aromatic nitrogens is 2. The molecule has 0 fully saturated rings. The molecule has 1 aromatic heterocycles. The summed E-state index contributed by atoms with van der Waals surface area (Å²) in [6, 6.07) is 0. The lowest BCUT2D eigenvalue weighted by atomic mass is 10.1. The Balaban J connectivity index is 1.97. The zero-order chi connectivity index (χ0) is 15.3. The highest BCUT2D eigenvalue weighted by Crippen LogP contribution is 2.11. The number of hydrogen-bond acceptors (Lipinski definition) is 3. The normalized spacial score (nSPS) is 10.6. The monoisotopic (exact) mass is 355 g/mol. The quantitative estimate of drug-likeness (QED) is 0.561. The van der Waals surface area contributed by atoms with Crippen molar-refractivity contribution in [3.8, 4) is 0 Å². The molecule has 0 aliphatic heterocycles. The first-order valence-electron chi connectivity index (χ1n) is 7.99. The highest BCUT2D eigenvalue weighted by atomic mass is 79.9. The molecule has 1 aromatic rings. The molecule has 5 heteroatoms. The van der Waals surface area contributed by atoms with Gasteiger partial charge >= 0.3 is 0 Å². The SMILES string of the molecule is CCCCCCCCCCCC(=O)Nc1cnc(Br)cn1. The third-order valence-corrected chi connectivity index (χ3v) is 3.80. The predicted molar refractivity (Wildman–Crippen MR) is 90.2 cm³/mol. The van der Waals surface area contributed by atoms with Gasteiger partial charge in [0.25, 0.3) is 0 Å². The largest absolute Gasteiger partial charge is 0.309 e. The summed E-state index contributed by atoms with van der Waals surface area (Å²) in [6.07, 6.45) is 15.0. The van der Waals surface area contributed by atoms with Crippen LogP contribution in [0.25, 0.3) is 0 Å². The van der Waals surface area contributed by atoms with E-state index in [1.54, 1.807) is 12.4 Å². The molecule has 1 amide bonds. The number of halogens is 1. The Morgan fingerprint density at radius 2 is 1.62 bits per heavy atom. The number of anilines is 1. The van der Waals surface area contributed by atoms with Gasteiger partial charge in [-0.1, -0.05) is 58.3 Å². The van der Waals surface area contributed by atoms with E-state index in [0.29, 0.717) is 16.8 Å². The molecule has 0 unspecified atom stereocenters. The zero-order valence-corrected chi connectivity index (χ0v) is 14.5. The van der Waals surface area contributed by atoms with Gasteiger partial charge in [-0.05, 0) is 22.4 Å². The van der Waals surface area contributed by atoms with E-state index in [4.69, 9.17) is 0 Å². The van der Waals surface area contributed by atoms with E-state index in [-0.39, 0.29) is 5.91 Å². The summed E-state index contributed by atoms with van der Waals surface area (Å²) in [5.74, 6) is 0.536. The molecule has 0 saturated carbocycles. The van der Waals surface area contributed by atoms with Crippen LogP contribution in [0.3, 0.4) is 0 Å². The number of unbranched alkanes of at least 4 members (excludes halogenated alkanes) is 8. The van der Waals surface area contributed by atoms with Gasteiger partial charge < -0.3 is 5.32 Å². The van der Waals surface area contributed by atoms with Gasteiger partial charge in [-0.25, -0.2) is 9.97 Å². The summed E-state index contributed by atoms with van der Waals surface area (Å²) in [5, 5.41) is 2.76. The highest BCUT2D eigenvalue weighted by Gasteiger charge is 2.03. The number of hydrogen-bond donors (Lipinski definition) is 1. The molecule has 1 heterocycles. The molecule has 0 aromatic carbocycles. The summed E-state index contributed by atoms with van der Waals surface area (Å²) >= 11 is 3.21. The summed E-state index contributed by atoms with van der Waals surface area (Å²) in [6.45, 7) is 2.24. The fourth-order valence-corrected chi connectivity index (χ4v) is 2.38. The van der Waals surface area contributed by atoms with E-state index in [0.717, 1.165) is 12.8 Å². The van der Waals surface area contributed by atoms with Gasteiger partial charge in [-0.2, -0.15) is 0 Å². The molecular weight excluding hydrogens is 330 g/mol. The van der Waals surface area contributed by atoms with E-state index >= 15 is 0 Å². The second kappa shape index (κ2) is 11.7. The Morgan fingerprint density at radius 3 is 2.19 bits per heavy atom. The van der Waals surface area contributed by atoms with Crippen LogP contribution in [-0.2, 0) is 4.79 Å². The van der Waals surface area contributed by atoms with Crippen LogP contribution in [0.15, 0.2) is 17.0 Å². The predicted octanol–water partition coefficient (Wildman–Crippen LogP) is 5.10. The maximum atomic E-state index is 11.7. The van der Waals surface area contributed by atoms with Gasteiger partial charge in [-0.3, -0.25) is 4.79 Å². The molecule has 0 atom stereocenters. The Morgan fingerprint density at radius 1 is 1.00 bits per heavy atom. The first-order chi connectivity index (χ1) is 10.2. The van der Waals surface area contributed by atoms with Crippen LogP contribution < -0.4 is 5.32 Å². The average Bonchev–Trinajstić information content (AvgIpc) is 2.48. The van der Waals surface area contributed by atoms with E-state index in [9.17, 15) is 4.79 Å². The van der Waals surface area contributed by atoms with Crippen molar-refractivity contribution < 1.29 is 4.79 Å². The number of carbonyl (C=O) groups is 1. The smallest absolute Gasteiger partial charge is 0.225 e. The Hall–Kier alpha value is -0.970. The van der Waals surface area contributed by atoms with E-state index in [1.807, 2.05) is 0 Å². The van der Waals surface area contributed by atoms with Crippen LogP contribution in [0, 0.1) is 0 Å². The van der Waals surface area contributed by atoms with Gasteiger partial charge in [0, 0.05) is 6.42 Å². The molecule has 0 aliphatic rings. The Labute approximate surface area is 136 Å². The summed E-state index contributed by atoms with van der Waals surface area (Å²) in [5.41, 5.74) is 0. The van der Waals surface area contributed by atoms with Crippen molar-refractivity contribution in [3.05, 3.63) is 17.0 Å². The summed E-state index contributed by atoms with van der Waals surface area (Å²) < 4.78 is 0.666. The minimum Gasteiger partial charge on any atom is -0.309 e. The first kappa shape index (κ1) is 18.1. The Bertz CT molecular complexity index is 395. The van der Waals surface area contributed by atoms with E-state index in [1.165, 1.54) is 44.9 Å². The molecule has 0 bridgehead atoms. The van der Waals surface area contributed by atoms with Crippen LogP contribution in [0.4, 0.5) is 5.82 Å². The molecule has 1 rings (SSSR count). The zero-order valence-electron chi connectivity index (χ0n) is 12.9. The van der Waals surface area contributed by atoms with Crippen molar-refractivity contribution in [3.63, 3.8) is 0 Å². The second-order valence-electron chi connectivity index (χ2n) is 5.35. The fourth-order valence-electron chi connectivity index (χ4n) is 2.18. The van der Waals surface area contributed by atoms with E-state index in [2.05, 4.69) is 38.1 Å².